The third-order valence-corrected chi connectivity index (χ3v) is 3.98. The van der Waals surface area contributed by atoms with E-state index in [4.69, 9.17) is 9.47 Å². The molecule has 0 spiro atoms. The first-order valence-corrected chi connectivity index (χ1v) is 7.67. The summed E-state index contributed by atoms with van der Waals surface area (Å²) in [6, 6.07) is 12.2. The minimum absolute atomic E-state index is 0.0796. The van der Waals surface area contributed by atoms with Crippen LogP contribution in [0.3, 0.4) is 0 Å². The summed E-state index contributed by atoms with van der Waals surface area (Å²) < 4.78 is 12.2. The number of anilines is 1. The summed E-state index contributed by atoms with van der Waals surface area (Å²) in [4.78, 5) is 25.2. The molecule has 6 heteroatoms. The fourth-order valence-corrected chi connectivity index (χ4v) is 2.71. The molecule has 1 heterocycles. The number of rotatable bonds is 4. The van der Waals surface area contributed by atoms with Crippen molar-refractivity contribution in [3.05, 3.63) is 64.4 Å². The summed E-state index contributed by atoms with van der Waals surface area (Å²) in [5, 5.41) is 3.23. The highest BCUT2D eigenvalue weighted by molar-refractivity contribution is 6.05. The largest absolute Gasteiger partial charge is 0.493 e. The van der Waals surface area contributed by atoms with Crippen LogP contribution in [0.15, 0.2) is 53.5 Å². The van der Waals surface area contributed by atoms with E-state index in [0.29, 0.717) is 22.6 Å². The van der Waals surface area contributed by atoms with Crippen LogP contribution in [0.2, 0.25) is 0 Å². The van der Waals surface area contributed by atoms with Crippen molar-refractivity contribution in [1.82, 2.24) is 4.57 Å². The zero-order valence-electron chi connectivity index (χ0n) is 14.2. The van der Waals surface area contributed by atoms with Gasteiger partial charge in [-0.05, 0) is 24.3 Å². The number of aromatic nitrogens is 1. The zero-order chi connectivity index (χ0) is 18.0. The molecule has 0 atom stereocenters. The molecule has 2 aromatic carbocycles. The molecule has 0 unspecified atom stereocenters. The van der Waals surface area contributed by atoms with Gasteiger partial charge in [-0.1, -0.05) is 12.1 Å². The molecule has 1 aromatic heterocycles. The molecular formula is C19H18N2O4. The maximum Gasteiger partial charge on any atom is 0.261 e. The third kappa shape index (κ3) is 3.06. The van der Waals surface area contributed by atoms with Crippen molar-refractivity contribution in [2.24, 2.45) is 7.05 Å². The van der Waals surface area contributed by atoms with Crippen LogP contribution >= 0.6 is 0 Å². The monoisotopic (exact) mass is 338 g/mol. The van der Waals surface area contributed by atoms with Crippen molar-refractivity contribution in [1.29, 1.82) is 0 Å². The number of para-hydroxylation sites is 1. The summed E-state index contributed by atoms with van der Waals surface area (Å²) in [6.07, 6.45) is 1.54. The summed E-state index contributed by atoms with van der Waals surface area (Å²) in [5.41, 5.74) is 1.07. The Balaban J connectivity index is 1.98. The lowest BCUT2D eigenvalue weighted by molar-refractivity contribution is 0.102. The summed E-state index contributed by atoms with van der Waals surface area (Å²) in [5.74, 6) is 0.576. The fraction of sp³-hybridized carbons (Fsp3) is 0.158. The van der Waals surface area contributed by atoms with Crippen LogP contribution < -0.4 is 20.2 Å². The van der Waals surface area contributed by atoms with Gasteiger partial charge in [0.05, 0.1) is 19.7 Å². The van der Waals surface area contributed by atoms with Crippen molar-refractivity contribution in [2.75, 3.05) is 19.5 Å². The smallest absolute Gasteiger partial charge is 0.261 e. The number of carbonyl (C=O) groups is 1. The van der Waals surface area contributed by atoms with Crippen LogP contribution in [0.25, 0.3) is 10.9 Å². The number of benzene rings is 2. The number of hydrogen-bond acceptors (Lipinski definition) is 4. The standard InChI is InChI=1S/C19H18N2O4/c1-21-11-14(18(22)13-6-4-5-7-15(13)21)19(23)20-12-8-9-16(24-2)17(10-12)25-3/h4-11H,1-3H3,(H,20,23). The molecule has 128 valence electrons. The van der Waals surface area contributed by atoms with Crippen molar-refractivity contribution < 1.29 is 14.3 Å². The van der Waals surface area contributed by atoms with Crippen LogP contribution in [0, 0.1) is 0 Å². The molecule has 0 aliphatic rings. The molecular weight excluding hydrogens is 320 g/mol. The first-order valence-electron chi connectivity index (χ1n) is 7.67. The van der Waals surface area contributed by atoms with E-state index >= 15 is 0 Å². The molecule has 0 fully saturated rings. The number of pyridine rings is 1. The molecule has 1 N–H and O–H groups in total. The minimum Gasteiger partial charge on any atom is -0.493 e. The van der Waals surface area contributed by atoms with Gasteiger partial charge in [0.1, 0.15) is 5.56 Å². The predicted octanol–water partition coefficient (Wildman–Crippen LogP) is 2.81. The molecule has 0 saturated carbocycles. The third-order valence-electron chi connectivity index (χ3n) is 3.98. The number of nitrogens with zero attached hydrogens (tertiary/aromatic N) is 1. The van der Waals surface area contributed by atoms with Gasteiger partial charge in [0.25, 0.3) is 5.91 Å². The van der Waals surface area contributed by atoms with Gasteiger partial charge >= 0.3 is 0 Å². The second-order valence-corrected chi connectivity index (χ2v) is 5.52. The molecule has 0 bridgehead atoms. The highest BCUT2D eigenvalue weighted by atomic mass is 16.5. The maximum absolute atomic E-state index is 12.6. The van der Waals surface area contributed by atoms with Gasteiger partial charge in [0, 0.05) is 30.4 Å². The highest BCUT2D eigenvalue weighted by Crippen LogP contribution is 2.29. The average molecular weight is 338 g/mol. The number of amides is 1. The number of methoxy groups -OCH3 is 2. The number of fused-ring (bicyclic) bond motifs is 1. The van der Waals surface area contributed by atoms with Crippen LogP contribution in [-0.2, 0) is 7.05 Å². The molecule has 0 aliphatic heterocycles. The number of hydrogen-bond donors (Lipinski definition) is 1. The molecule has 0 aliphatic carbocycles. The zero-order valence-corrected chi connectivity index (χ0v) is 14.2. The highest BCUT2D eigenvalue weighted by Gasteiger charge is 2.15. The molecule has 0 saturated heterocycles. The molecule has 6 nitrogen and oxygen atoms in total. The lowest BCUT2D eigenvalue weighted by atomic mass is 10.1. The van der Waals surface area contributed by atoms with Crippen molar-refractivity contribution in [3.63, 3.8) is 0 Å². The molecule has 1 amide bonds. The van der Waals surface area contributed by atoms with Gasteiger partial charge < -0.3 is 19.4 Å². The molecule has 0 radical (unpaired) electrons. The number of carbonyl (C=O) groups excluding carboxylic acids is 1. The van der Waals surface area contributed by atoms with Crippen molar-refractivity contribution >= 4 is 22.5 Å². The summed E-state index contributed by atoms with van der Waals surface area (Å²) in [7, 11) is 4.85. The summed E-state index contributed by atoms with van der Waals surface area (Å²) in [6.45, 7) is 0. The van der Waals surface area contributed by atoms with Gasteiger partial charge in [-0.2, -0.15) is 0 Å². The van der Waals surface area contributed by atoms with Gasteiger partial charge in [-0.15, -0.1) is 0 Å². The first kappa shape index (κ1) is 16.6. The Labute approximate surface area is 144 Å². The van der Waals surface area contributed by atoms with Crippen molar-refractivity contribution in [3.8, 4) is 11.5 Å². The van der Waals surface area contributed by atoms with E-state index in [0.717, 1.165) is 5.52 Å². The van der Waals surface area contributed by atoms with Crippen LogP contribution in [0.5, 0.6) is 11.5 Å². The second kappa shape index (κ2) is 6.68. The topological polar surface area (TPSA) is 69.6 Å². The number of ether oxygens (including phenoxy) is 2. The Kier molecular flexibility index (Phi) is 4.43. The van der Waals surface area contributed by atoms with Gasteiger partial charge in [0.15, 0.2) is 11.5 Å². The average Bonchev–Trinajstić information content (AvgIpc) is 2.64. The molecule has 3 aromatic rings. The first-order chi connectivity index (χ1) is 12.0. The van der Waals surface area contributed by atoms with E-state index in [-0.39, 0.29) is 11.0 Å². The number of aryl methyl sites for hydroxylation is 1. The number of nitrogens with one attached hydrogen (secondary N) is 1. The Hall–Kier alpha value is -3.28. The van der Waals surface area contributed by atoms with Crippen LogP contribution in [0.4, 0.5) is 5.69 Å². The molecule has 25 heavy (non-hydrogen) atoms. The fourth-order valence-electron chi connectivity index (χ4n) is 2.71. The van der Waals surface area contributed by atoms with Gasteiger partial charge in [0.2, 0.25) is 5.43 Å². The Morgan fingerprint density at radius 1 is 1.04 bits per heavy atom. The SMILES string of the molecule is COc1ccc(NC(=O)c2cn(C)c3ccccc3c2=O)cc1OC. The van der Waals surface area contributed by atoms with E-state index in [1.807, 2.05) is 12.1 Å². The second-order valence-electron chi connectivity index (χ2n) is 5.52. The van der Waals surface area contributed by atoms with Crippen LogP contribution in [-0.4, -0.2) is 24.7 Å². The normalized spacial score (nSPS) is 10.5. The van der Waals surface area contributed by atoms with E-state index in [9.17, 15) is 9.59 Å². The predicted molar refractivity (Wildman–Crippen MR) is 96.7 cm³/mol. The van der Waals surface area contributed by atoms with E-state index in [1.54, 1.807) is 48.1 Å². The Bertz CT molecular complexity index is 1010. The van der Waals surface area contributed by atoms with Gasteiger partial charge in [-0.25, -0.2) is 0 Å². The lowest BCUT2D eigenvalue weighted by Crippen LogP contribution is -2.23. The van der Waals surface area contributed by atoms with Crippen LogP contribution in [0.1, 0.15) is 10.4 Å². The van der Waals surface area contributed by atoms with E-state index in [2.05, 4.69) is 5.32 Å². The minimum atomic E-state index is -0.474. The van der Waals surface area contributed by atoms with Crippen molar-refractivity contribution in [2.45, 2.75) is 0 Å². The molecule has 3 rings (SSSR count). The quantitative estimate of drug-likeness (QED) is 0.794. The lowest BCUT2D eigenvalue weighted by Gasteiger charge is -2.12. The van der Waals surface area contributed by atoms with Gasteiger partial charge in [-0.3, -0.25) is 9.59 Å². The Morgan fingerprint density at radius 3 is 2.48 bits per heavy atom. The van der Waals surface area contributed by atoms with E-state index < -0.39 is 5.91 Å². The Morgan fingerprint density at radius 2 is 1.76 bits per heavy atom. The maximum atomic E-state index is 12.6. The summed E-state index contributed by atoms with van der Waals surface area (Å²) >= 11 is 0. The van der Waals surface area contributed by atoms with E-state index in [1.165, 1.54) is 14.2 Å².